The molecule has 1 aromatic heterocycles. The fraction of sp³-hybridized carbons (Fsp3) is 0.429. The van der Waals surface area contributed by atoms with Gasteiger partial charge in [0.05, 0.1) is 12.6 Å². The predicted molar refractivity (Wildman–Crippen MR) is 71.1 cm³/mol. The predicted octanol–water partition coefficient (Wildman–Crippen LogP) is 2.31. The molecule has 0 saturated heterocycles. The summed E-state index contributed by atoms with van der Waals surface area (Å²) in [5.41, 5.74) is 8.27. The number of hydrogen-bond donors (Lipinski definition) is 1. The molecule has 1 atom stereocenters. The second-order valence-corrected chi connectivity index (χ2v) is 4.29. The number of benzene rings is 1. The first-order valence-corrected chi connectivity index (χ1v) is 6.12. The third kappa shape index (κ3) is 2.51. The molecule has 0 aliphatic heterocycles. The van der Waals surface area contributed by atoms with Crippen molar-refractivity contribution in [2.75, 3.05) is 13.2 Å². The summed E-state index contributed by atoms with van der Waals surface area (Å²) < 4.78 is 7.82. The van der Waals surface area contributed by atoms with Crippen LogP contribution in [0.25, 0.3) is 10.9 Å². The minimum absolute atomic E-state index is 0.0936. The number of nitrogens with zero attached hydrogens (tertiary/aromatic N) is 1. The topological polar surface area (TPSA) is 40.2 Å². The first-order chi connectivity index (χ1) is 8.26. The van der Waals surface area contributed by atoms with E-state index in [2.05, 4.69) is 42.0 Å². The number of ether oxygens (including phenoxy) is 1. The van der Waals surface area contributed by atoms with Gasteiger partial charge in [-0.15, -0.1) is 0 Å². The number of hydrogen-bond acceptors (Lipinski definition) is 2. The lowest BCUT2D eigenvalue weighted by Crippen LogP contribution is -2.28. The van der Waals surface area contributed by atoms with E-state index in [1.165, 1.54) is 16.5 Å². The average Bonchev–Trinajstić information content (AvgIpc) is 2.73. The van der Waals surface area contributed by atoms with Gasteiger partial charge in [-0.3, -0.25) is 0 Å². The highest BCUT2D eigenvalue weighted by molar-refractivity contribution is 5.83. The summed E-state index contributed by atoms with van der Waals surface area (Å²) >= 11 is 0. The number of fused-ring (bicyclic) bond motifs is 1. The number of rotatable bonds is 5. The van der Waals surface area contributed by atoms with Crippen LogP contribution in [0, 0.1) is 6.92 Å². The van der Waals surface area contributed by atoms with Crippen molar-refractivity contribution in [2.45, 2.75) is 26.5 Å². The first kappa shape index (κ1) is 12.1. The van der Waals surface area contributed by atoms with Gasteiger partial charge in [-0.2, -0.15) is 0 Å². The van der Waals surface area contributed by atoms with E-state index in [9.17, 15) is 0 Å². The maximum Gasteiger partial charge on any atom is 0.0875 e. The van der Waals surface area contributed by atoms with Gasteiger partial charge in [0.15, 0.2) is 0 Å². The van der Waals surface area contributed by atoms with E-state index in [1.807, 2.05) is 6.92 Å². The lowest BCUT2D eigenvalue weighted by Gasteiger charge is -2.16. The summed E-state index contributed by atoms with van der Waals surface area (Å²) in [6, 6.07) is 8.52. The minimum atomic E-state index is 0.0936. The van der Waals surface area contributed by atoms with E-state index in [0.717, 1.165) is 6.54 Å². The Hall–Kier alpha value is -1.32. The molecule has 0 spiro atoms. The van der Waals surface area contributed by atoms with Gasteiger partial charge in [0.2, 0.25) is 0 Å². The second-order valence-electron chi connectivity index (χ2n) is 4.29. The Labute approximate surface area is 102 Å². The molecule has 92 valence electrons. The summed E-state index contributed by atoms with van der Waals surface area (Å²) in [5.74, 6) is 0. The van der Waals surface area contributed by atoms with Gasteiger partial charge in [0, 0.05) is 30.3 Å². The second kappa shape index (κ2) is 5.34. The molecule has 0 aliphatic carbocycles. The molecular weight excluding hydrogens is 212 g/mol. The van der Waals surface area contributed by atoms with Crippen LogP contribution in [0.3, 0.4) is 0 Å². The Balaban J connectivity index is 2.27. The zero-order valence-electron chi connectivity index (χ0n) is 10.5. The van der Waals surface area contributed by atoms with Crippen molar-refractivity contribution in [3.63, 3.8) is 0 Å². The molecule has 0 saturated carbocycles. The molecule has 2 aromatic rings. The Morgan fingerprint density at radius 3 is 2.88 bits per heavy atom. The molecule has 1 aromatic carbocycles. The zero-order valence-corrected chi connectivity index (χ0v) is 10.5. The highest BCUT2D eigenvalue weighted by Gasteiger charge is 2.09. The standard InChI is InChI=1S/C14H20N2O/c1-3-17-12(9-15)10-16-8-7-13-11(2)5-4-6-14(13)16/h4-8,12H,3,9-10,15H2,1-2H3. The van der Waals surface area contributed by atoms with Crippen LogP contribution in [0.15, 0.2) is 30.5 Å². The average molecular weight is 232 g/mol. The highest BCUT2D eigenvalue weighted by atomic mass is 16.5. The van der Waals surface area contributed by atoms with E-state index in [4.69, 9.17) is 10.5 Å². The molecule has 0 radical (unpaired) electrons. The van der Waals surface area contributed by atoms with Crippen molar-refractivity contribution in [3.05, 3.63) is 36.0 Å². The molecule has 0 fully saturated rings. The largest absolute Gasteiger partial charge is 0.375 e. The maximum absolute atomic E-state index is 5.71. The van der Waals surface area contributed by atoms with Crippen LogP contribution in [0.1, 0.15) is 12.5 Å². The lowest BCUT2D eigenvalue weighted by molar-refractivity contribution is 0.0576. The Kier molecular flexibility index (Phi) is 3.82. The molecule has 3 heteroatoms. The molecule has 0 aliphatic rings. The number of nitrogens with two attached hydrogens (primary N) is 1. The molecule has 1 heterocycles. The van der Waals surface area contributed by atoms with E-state index in [0.29, 0.717) is 13.2 Å². The summed E-state index contributed by atoms with van der Waals surface area (Å²) in [7, 11) is 0. The Morgan fingerprint density at radius 1 is 1.35 bits per heavy atom. The molecule has 2 N–H and O–H groups in total. The Morgan fingerprint density at radius 2 is 2.18 bits per heavy atom. The van der Waals surface area contributed by atoms with E-state index >= 15 is 0 Å². The quantitative estimate of drug-likeness (QED) is 0.859. The molecule has 0 amide bonds. The van der Waals surface area contributed by atoms with Crippen LogP contribution in [0.5, 0.6) is 0 Å². The smallest absolute Gasteiger partial charge is 0.0875 e. The first-order valence-electron chi connectivity index (χ1n) is 6.12. The zero-order chi connectivity index (χ0) is 12.3. The summed E-state index contributed by atoms with van der Waals surface area (Å²) in [4.78, 5) is 0. The van der Waals surface area contributed by atoms with E-state index in [-0.39, 0.29) is 6.10 Å². The van der Waals surface area contributed by atoms with Gasteiger partial charge in [0.25, 0.3) is 0 Å². The molecular formula is C14H20N2O. The summed E-state index contributed by atoms with van der Waals surface area (Å²) in [6.45, 7) is 6.22. The monoisotopic (exact) mass is 232 g/mol. The van der Waals surface area contributed by atoms with Gasteiger partial charge in [-0.1, -0.05) is 12.1 Å². The summed E-state index contributed by atoms with van der Waals surface area (Å²) in [6.07, 6.45) is 2.20. The van der Waals surface area contributed by atoms with Crippen molar-refractivity contribution < 1.29 is 4.74 Å². The van der Waals surface area contributed by atoms with Crippen LogP contribution < -0.4 is 5.73 Å². The van der Waals surface area contributed by atoms with Gasteiger partial charge < -0.3 is 15.0 Å². The van der Waals surface area contributed by atoms with Gasteiger partial charge in [0.1, 0.15) is 0 Å². The van der Waals surface area contributed by atoms with Crippen molar-refractivity contribution in [1.82, 2.24) is 4.57 Å². The fourth-order valence-corrected chi connectivity index (χ4v) is 2.19. The molecule has 17 heavy (non-hydrogen) atoms. The fourth-order valence-electron chi connectivity index (χ4n) is 2.19. The minimum Gasteiger partial charge on any atom is -0.375 e. The number of aryl methyl sites for hydroxylation is 1. The molecule has 2 rings (SSSR count). The van der Waals surface area contributed by atoms with E-state index in [1.54, 1.807) is 0 Å². The Bertz CT molecular complexity index is 490. The van der Waals surface area contributed by atoms with Gasteiger partial charge in [-0.05, 0) is 31.5 Å². The van der Waals surface area contributed by atoms with Crippen molar-refractivity contribution in [3.8, 4) is 0 Å². The van der Waals surface area contributed by atoms with Gasteiger partial charge in [-0.25, -0.2) is 0 Å². The van der Waals surface area contributed by atoms with Crippen molar-refractivity contribution in [2.24, 2.45) is 5.73 Å². The molecule has 0 bridgehead atoms. The highest BCUT2D eigenvalue weighted by Crippen LogP contribution is 2.19. The van der Waals surface area contributed by atoms with Crippen LogP contribution in [0.2, 0.25) is 0 Å². The third-order valence-corrected chi connectivity index (χ3v) is 3.10. The van der Waals surface area contributed by atoms with Gasteiger partial charge >= 0.3 is 0 Å². The van der Waals surface area contributed by atoms with Crippen LogP contribution in [-0.2, 0) is 11.3 Å². The normalized spacial score (nSPS) is 13.1. The van der Waals surface area contributed by atoms with Crippen molar-refractivity contribution in [1.29, 1.82) is 0 Å². The SMILES string of the molecule is CCOC(CN)Cn1ccc2c(C)cccc21. The van der Waals surface area contributed by atoms with Crippen LogP contribution in [-0.4, -0.2) is 23.8 Å². The lowest BCUT2D eigenvalue weighted by atomic mass is 10.1. The molecule has 1 unspecified atom stereocenters. The maximum atomic E-state index is 5.71. The van der Waals surface area contributed by atoms with Crippen molar-refractivity contribution >= 4 is 10.9 Å². The number of aromatic nitrogens is 1. The summed E-state index contributed by atoms with van der Waals surface area (Å²) in [5, 5.41) is 1.31. The van der Waals surface area contributed by atoms with Crippen LogP contribution in [0.4, 0.5) is 0 Å². The van der Waals surface area contributed by atoms with E-state index < -0.39 is 0 Å². The third-order valence-electron chi connectivity index (χ3n) is 3.10. The van der Waals surface area contributed by atoms with Crippen LogP contribution >= 0.6 is 0 Å². The molecule has 3 nitrogen and oxygen atoms in total.